The fourth-order valence-electron chi connectivity index (χ4n) is 2.89. The molecule has 3 aromatic carbocycles. The van der Waals surface area contributed by atoms with Crippen molar-refractivity contribution in [3.05, 3.63) is 78.1 Å². The predicted octanol–water partition coefficient (Wildman–Crippen LogP) is 2.95. The number of anilines is 2. The van der Waals surface area contributed by atoms with Crippen LogP contribution in [0.25, 0.3) is 0 Å². The van der Waals surface area contributed by atoms with E-state index in [0.29, 0.717) is 22.7 Å². The van der Waals surface area contributed by atoms with Crippen LogP contribution in [-0.2, 0) is 14.4 Å². The van der Waals surface area contributed by atoms with Gasteiger partial charge in [-0.3, -0.25) is 14.4 Å². The summed E-state index contributed by atoms with van der Waals surface area (Å²) in [6, 6.07) is 16.6. The zero-order chi connectivity index (χ0) is 25.9. The summed E-state index contributed by atoms with van der Waals surface area (Å²) in [5.41, 5.74) is 3.28. The van der Waals surface area contributed by atoms with E-state index < -0.39 is 23.5 Å². The van der Waals surface area contributed by atoms with Crippen molar-refractivity contribution in [1.29, 1.82) is 0 Å². The Morgan fingerprint density at radius 3 is 2.19 bits per heavy atom. The molecule has 0 aliphatic carbocycles. The standard InChI is InChI=1S/C25H23FN4O6/c1-34-20-12-10-18(11-13-20)28-22(31)15-36-23-16(4-3-5-21(23)35-2)14-27-30-25(33)24(32)29-19-8-6-17(26)7-9-19/h3-14H,15H2,1-2H3,(H,28,31)(H,29,32)(H,30,33)/b27-14-. The molecule has 3 rings (SSSR count). The molecule has 0 saturated heterocycles. The molecular weight excluding hydrogens is 471 g/mol. The van der Waals surface area contributed by atoms with Gasteiger partial charge in [-0.15, -0.1) is 0 Å². The normalized spacial score (nSPS) is 10.4. The van der Waals surface area contributed by atoms with Crippen molar-refractivity contribution in [3.63, 3.8) is 0 Å². The van der Waals surface area contributed by atoms with Crippen molar-refractivity contribution < 1.29 is 33.0 Å². The molecule has 0 aromatic heterocycles. The third kappa shape index (κ3) is 7.29. The SMILES string of the molecule is COc1ccc(NC(=O)COc2c(/C=N\NC(=O)C(=O)Nc3ccc(F)cc3)cccc2OC)cc1. The van der Waals surface area contributed by atoms with E-state index in [-0.39, 0.29) is 18.0 Å². The Morgan fingerprint density at radius 2 is 1.53 bits per heavy atom. The molecule has 3 aromatic rings. The van der Waals surface area contributed by atoms with Crippen molar-refractivity contribution in [2.24, 2.45) is 5.10 Å². The molecular formula is C25H23FN4O6. The highest BCUT2D eigenvalue weighted by Gasteiger charge is 2.14. The summed E-state index contributed by atoms with van der Waals surface area (Å²) in [4.78, 5) is 36.3. The molecule has 3 N–H and O–H groups in total. The van der Waals surface area contributed by atoms with E-state index in [0.717, 1.165) is 12.1 Å². The fourth-order valence-corrected chi connectivity index (χ4v) is 2.89. The molecule has 0 saturated carbocycles. The van der Waals surface area contributed by atoms with Crippen LogP contribution < -0.4 is 30.3 Å². The molecule has 36 heavy (non-hydrogen) atoms. The topological polar surface area (TPSA) is 127 Å². The van der Waals surface area contributed by atoms with Gasteiger partial charge in [0.15, 0.2) is 18.1 Å². The number of hydrogen-bond donors (Lipinski definition) is 3. The average molecular weight is 494 g/mol. The second-order valence-electron chi connectivity index (χ2n) is 7.10. The number of hydrazone groups is 1. The highest BCUT2D eigenvalue weighted by Crippen LogP contribution is 2.30. The minimum Gasteiger partial charge on any atom is -0.497 e. The molecule has 0 heterocycles. The van der Waals surface area contributed by atoms with E-state index in [9.17, 15) is 18.8 Å². The number of benzene rings is 3. The molecule has 0 aliphatic heterocycles. The van der Waals surface area contributed by atoms with E-state index in [1.54, 1.807) is 49.6 Å². The number of nitrogens with zero attached hydrogens (tertiary/aromatic N) is 1. The lowest BCUT2D eigenvalue weighted by atomic mass is 10.2. The minimum atomic E-state index is -1.04. The average Bonchev–Trinajstić information content (AvgIpc) is 2.89. The van der Waals surface area contributed by atoms with E-state index in [1.807, 2.05) is 0 Å². The summed E-state index contributed by atoms with van der Waals surface area (Å²) >= 11 is 0. The van der Waals surface area contributed by atoms with Crippen LogP contribution in [0, 0.1) is 5.82 Å². The van der Waals surface area contributed by atoms with Crippen LogP contribution in [0.3, 0.4) is 0 Å². The Morgan fingerprint density at radius 1 is 0.861 bits per heavy atom. The van der Waals surface area contributed by atoms with Crippen LogP contribution >= 0.6 is 0 Å². The molecule has 3 amide bonds. The number of rotatable bonds is 9. The summed E-state index contributed by atoms with van der Waals surface area (Å²) in [5, 5.41) is 8.79. The van der Waals surface area contributed by atoms with Gasteiger partial charge in [0.05, 0.1) is 20.4 Å². The first kappa shape index (κ1) is 25.7. The van der Waals surface area contributed by atoms with Crippen LogP contribution in [0.4, 0.5) is 15.8 Å². The second kappa shape index (κ2) is 12.5. The lowest BCUT2D eigenvalue weighted by Gasteiger charge is -2.13. The van der Waals surface area contributed by atoms with Crippen molar-refractivity contribution in [1.82, 2.24) is 5.43 Å². The third-order valence-corrected chi connectivity index (χ3v) is 4.63. The highest BCUT2D eigenvalue weighted by atomic mass is 19.1. The number of halogens is 1. The molecule has 11 heteroatoms. The molecule has 0 bridgehead atoms. The quantitative estimate of drug-likeness (QED) is 0.239. The van der Waals surface area contributed by atoms with Gasteiger partial charge in [0.25, 0.3) is 5.91 Å². The molecule has 0 atom stereocenters. The van der Waals surface area contributed by atoms with Crippen LogP contribution in [0.15, 0.2) is 71.8 Å². The highest BCUT2D eigenvalue weighted by molar-refractivity contribution is 6.39. The van der Waals surface area contributed by atoms with Gasteiger partial charge in [0.1, 0.15) is 11.6 Å². The van der Waals surface area contributed by atoms with E-state index in [1.165, 1.54) is 25.5 Å². The third-order valence-electron chi connectivity index (χ3n) is 4.63. The number of ether oxygens (including phenoxy) is 3. The fraction of sp³-hybridized carbons (Fsp3) is 0.120. The van der Waals surface area contributed by atoms with E-state index in [4.69, 9.17) is 14.2 Å². The molecule has 0 aliphatic rings. The number of amides is 3. The van der Waals surface area contributed by atoms with Crippen LogP contribution in [0.2, 0.25) is 0 Å². The lowest BCUT2D eigenvalue weighted by molar-refractivity contribution is -0.136. The number of carbonyl (C=O) groups is 3. The van der Waals surface area contributed by atoms with Gasteiger partial charge in [-0.2, -0.15) is 5.10 Å². The van der Waals surface area contributed by atoms with Gasteiger partial charge in [-0.05, 0) is 60.7 Å². The van der Waals surface area contributed by atoms with E-state index in [2.05, 4.69) is 21.2 Å². The minimum absolute atomic E-state index is 0.207. The molecule has 0 unspecified atom stereocenters. The van der Waals surface area contributed by atoms with Gasteiger partial charge in [-0.1, -0.05) is 6.07 Å². The van der Waals surface area contributed by atoms with Gasteiger partial charge < -0.3 is 24.8 Å². The first-order valence-electron chi connectivity index (χ1n) is 10.5. The van der Waals surface area contributed by atoms with Crippen molar-refractivity contribution >= 4 is 35.3 Å². The van der Waals surface area contributed by atoms with Crippen molar-refractivity contribution in [2.45, 2.75) is 0 Å². The number of methoxy groups -OCH3 is 2. The maximum atomic E-state index is 13.0. The first-order chi connectivity index (χ1) is 17.4. The first-order valence-corrected chi connectivity index (χ1v) is 10.5. The zero-order valence-corrected chi connectivity index (χ0v) is 19.4. The summed E-state index contributed by atoms with van der Waals surface area (Å²) < 4.78 is 29.0. The Bertz CT molecular complexity index is 1250. The smallest absolute Gasteiger partial charge is 0.329 e. The van der Waals surface area contributed by atoms with E-state index >= 15 is 0 Å². The number of para-hydroxylation sites is 1. The molecule has 0 radical (unpaired) electrons. The number of nitrogens with one attached hydrogen (secondary N) is 3. The van der Waals surface area contributed by atoms with Gasteiger partial charge in [0.2, 0.25) is 0 Å². The summed E-state index contributed by atoms with van der Waals surface area (Å²) in [6.07, 6.45) is 1.24. The largest absolute Gasteiger partial charge is 0.497 e. The van der Waals surface area contributed by atoms with Crippen LogP contribution in [-0.4, -0.2) is 44.8 Å². The van der Waals surface area contributed by atoms with Gasteiger partial charge in [-0.25, -0.2) is 9.82 Å². The zero-order valence-electron chi connectivity index (χ0n) is 19.4. The van der Waals surface area contributed by atoms with Crippen LogP contribution in [0.5, 0.6) is 17.2 Å². The maximum absolute atomic E-state index is 13.0. The van der Waals surface area contributed by atoms with Crippen molar-refractivity contribution in [2.75, 3.05) is 31.5 Å². The molecule has 10 nitrogen and oxygen atoms in total. The lowest BCUT2D eigenvalue weighted by Crippen LogP contribution is -2.32. The number of hydrogen-bond acceptors (Lipinski definition) is 7. The Labute approximate surface area is 206 Å². The van der Waals surface area contributed by atoms with Gasteiger partial charge in [0, 0.05) is 16.9 Å². The maximum Gasteiger partial charge on any atom is 0.329 e. The second-order valence-corrected chi connectivity index (χ2v) is 7.10. The van der Waals surface area contributed by atoms with Crippen LogP contribution in [0.1, 0.15) is 5.56 Å². The monoisotopic (exact) mass is 494 g/mol. The van der Waals surface area contributed by atoms with Gasteiger partial charge >= 0.3 is 11.8 Å². The molecule has 0 fully saturated rings. The summed E-state index contributed by atoms with van der Waals surface area (Å²) in [6.45, 7) is -0.334. The molecule has 0 spiro atoms. The number of carbonyl (C=O) groups excluding carboxylic acids is 3. The summed E-state index contributed by atoms with van der Waals surface area (Å²) in [7, 11) is 2.98. The summed E-state index contributed by atoms with van der Waals surface area (Å²) in [5.74, 6) is -1.73. The Kier molecular flexibility index (Phi) is 8.93. The predicted molar refractivity (Wildman–Crippen MR) is 131 cm³/mol. The Balaban J connectivity index is 1.60. The Hall–Kier alpha value is -4.93. The molecule has 186 valence electrons. The van der Waals surface area contributed by atoms with Crippen molar-refractivity contribution in [3.8, 4) is 17.2 Å².